The van der Waals surface area contributed by atoms with Crippen molar-refractivity contribution in [1.82, 2.24) is 15.5 Å². The fourth-order valence-electron chi connectivity index (χ4n) is 2.01. The molecule has 3 N–H and O–H groups in total. The molecule has 18 heavy (non-hydrogen) atoms. The Morgan fingerprint density at radius 1 is 1.44 bits per heavy atom. The molecule has 1 rings (SSSR count). The maximum atomic E-state index is 11.7. The van der Waals surface area contributed by atoms with Crippen LogP contribution in [0.4, 0.5) is 0 Å². The highest BCUT2D eigenvalue weighted by molar-refractivity contribution is 5.78. The van der Waals surface area contributed by atoms with Gasteiger partial charge in [0.15, 0.2) is 0 Å². The second kappa shape index (κ2) is 6.70. The highest BCUT2D eigenvalue weighted by atomic mass is 16.4. The Morgan fingerprint density at radius 3 is 2.78 bits per heavy atom. The van der Waals surface area contributed by atoms with Crippen LogP contribution >= 0.6 is 0 Å². The largest absolute Gasteiger partial charge is 0.481 e. The van der Waals surface area contributed by atoms with E-state index < -0.39 is 5.97 Å². The second-order valence-electron chi connectivity index (χ2n) is 5.26. The first-order chi connectivity index (χ1) is 8.42. The van der Waals surface area contributed by atoms with Gasteiger partial charge in [0.2, 0.25) is 5.91 Å². The van der Waals surface area contributed by atoms with Gasteiger partial charge in [-0.2, -0.15) is 0 Å². The van der Waals surface area contributed by atoms with Gasteiger partial charge in [0.05, 0.1) is 6.54 Å². The topological polar surface area (TPSA) is 81.7 Å². The smallest absolute Gasteiger partial charge is 0.303 e. The van der Waals surface area contributed by atoms with Gasteiger partial charge in [0.25, 0.3) is 0 Å². The van der Waals surface area contributed by atoms with E-state index in [0.29, 0.717) is 19.5 Å². The monoisotopic (exact) mass is 257 g/mol. The third-order valence-electron chi connectivity index (χ3n) is 3.20. The molecule has 0 aromatic heterocycles. The summed E-state index contributed by atoms with van der Waals surface area (Å²) in [7, 11) is 0. The van der Waals surface area contributed by atoms with Gasteiger partial charge in [-0.1, -0.05) is 0 Å². The van der Waals surface area contributed by atoms with Crippen molar-refractivity contribution in [2.45, 2.75) is 32.2 Å². The van der Waals surface area contributed by atoms with E-state index in [1.807, 2.05) is 0 Å². The Kier molecular flexibility index (Phi) is 5.55. The quantitative estimate of drug-likeness (QED) is 0.567. The Bertz CT molecular complexity index is 305. The van der Waals surface area contributed by atoms with Gasteiger partial charge in [-0.25, -0.2) is 0 Å². The number of hydrogen-bond acceptors (Lipinski definition) is 4. The average Bonchev–Trinajstić information content (AvgIpc) is 2.27. The summed E-state index contributed by atoms with van der Waals surface area (Å²) in [6, 6.07) is 0. The van der Waals surface area contributed by atoms with Crippen molar-refractivity contribution in [3.05, 3.63) is 0 Å². The molecule has 0 aromatic rings. The van der Waals surface area contributed by atoms with Crippen molar-refractivity contribution in [2.24, 2.45) is 0 Å². The number of nitrogens with zero attached hydrogens (tertiary/aromatic N) is 1. The van der Waals surface area contributed by atoms with Gasteiger partial charge in [-0.05, 0) is 20.3 Å². The normalized spacial score (nSPS) is 19.4. The van der Waals surface area contributed by atoms with E-state index in [9.17, 15) is 9.59 Å². The SMILES string of the molecule is CC1(C)CNCCN1CC(=O)NCCCC(=O)O. The molecular formula is C12H23N3O3. The number of carbonyl (C=O) groups is 2. The van der Waals surface area contributed by atoms with Crippen LogP contribution in [-0.4, -0.2) is 60.1 Å². The van der Waals surface area contributed by atoms with E-state index in [-0.39, 0.29) is 17.9 Å². The van der Waals surface area contributed by atoms with Crippen LogP contribution in [0.5, 0.6) is 0 Å². The van der Waals surface area contributed by atoms with Crippen LogP contribution in [0.1, 0.15) is 26.7 Å². The zero-order valence-electron chi connectivity index (χ0n) is 11.2. The summed E-state index contributed by atoms with van der Waals surface area (Å²) in [4.78, 5) is 24.2. The summed E-state index contributed by atoms with van der Waals surface area (Å²) in [5.41, 5.74) is -0.0172. The van der Waals surface area contributed by atoms with Crippen molar-refractivity contribution >= 4 is 11.9 Å². The molecule has 1 amide bonds. The number of rotatable bonds is 6. The van der Waals surface area contributed by atoms with Crippen molar-refractivity contribution in [2.75, 3.05) is 32.7 Å². The molecule has 0 aromatic carbocycles. The van der Waals surface area contributed by atoms with Gasteiger partial charge in [0, 0.05) is 38.1 Å². The van der Waals surface area contributed by atoms with Gasteiger partial charge in [-0.15, -0.1) is 0 Å². The standard InChI is InChI=1S/C12H23N3O3/c1-12(2)9-13-6-7-15(12)8-10(16)14-5-3-4-11(17)18/h13H,3-9H2,1-2H3,(H,14,16)(H,17,18). The van der Waals surface area contributed by atoms with Gasteiger partial charge in [-0.3, -0.25) is 14.5 Å². The summed E-state index contributed by atoms with van der Waals surface area (Å²) in [6.45, 7) is 7.65. The van der Waals surface area contributed by atoms with Crippen LogP contribution in [0.25, 0.3) is 0 Å². The predicted molar refractivity (Wildman–Crippen MR) is 68.4 cm³/mol. The first-order valence-electron chi connectivity index (χ1n) is 6.36. The number of hydrogen-bond donors (Lipinski definition) is 3. The lowest BCUT2D eigenvalue weighted by Gasteiger charge is -2.42. The molecule has 1 aliphatic heterocycles. The molecular weight excluding hydrogens is 234 g/mol. The van der Waals surface area contributed by atoms with E-state index >= 15 is 0 Å². The van der Waals surface area contributed by atoms with Crippen molar-refractivity contribution in [3.63, 3.8) is 0 Å². The zero-order valence-corrected chi connectivity index (χ0v) is 11.2. The fraction of sp³-hybridized carbons (Fsp3) is 0.833. The van der Waals surface area contributed by atoms with Crippen LogP contribution in [-0.2, 0) is 9.59 Å². The van der Waals surface area contributed by atoms with Gasteiger partial charge >= 0.3 is 5.97 Å². The highest BCUT2D eigenvalue weighted by Gasteiger charge is 2.30. The van der Waals surface area contributed by atoms with Crippen molar-refractivity contribution < 1.29 is 14.7 Å². The predicted octanol–water partition coefficient (Wildman–Crippen LogP) is -0.349. The van der Waals surface area contributed by atoms with E-state index in [1.54, 1.807) is 0 Å². The number of carboxylic acid groups (broad SMARTS) is 1. The van der Waals surface area contributed by atoms with Gasteiger partial charge < -0.3 is 15.7 Å². The molecule has 1 saturated heterocycles. The Balaban J connectivity index is 2.24. The van der Waals surface area contributed by atoms with Crippen molar-refractivity contribution in [3.8, 4) is 0 Å². The summed E-state index contributed by atoms with van der Waals surface area (Å²) in [6.07, 6.45) is 0.575. The van der Waals surface area contributed by atoms with Crippen molar-refractivity contribution in [1.29, 1.82) is 0 Å². The molecule has 0 radical (unpaired) electrons. The first kappa shape index (κ1) is 14.9. The lowest BCUT2D eigenvalue weighted by molar-refractivity contribution is -0.137. The van der Waals surface area contributed by atoms with E-state index in [0.717, 1.165) is 19.6 Å². The molecule has 0 saturated carbocycles. The Hall–Kier alpha value is -1.14. The molecule has 1 fully saturated rings. The Labute approximate surface area is 108 Å². The number of piperazine rings is 1. The van der Waals surface area contributed by atoms with Crippen LogP contribution in [0.3, 0.4) is 0 Å². The fourth-order valence-corrected chi connectivity index (χ4v) is 2.01. The summed E-state index contributed by atoms with van der Waals surface area (Å²) < 4.78 is 0. The third kappa shape index (κ3) is 5.01. The molecule has 104 valence electrons. The van der Waals surface area contributed by atoms with E-state index in [4.69, 9.17) is 5.11 Å². The molecule has 0 atom stereocenters. The number of carboxylic acids is 1. The Morgan fingerprint density at radius 2 is 2.17 bits per heavy atom. The minimum absolute atomic E-state index is 0.0172. The molecule has 0 aliphatic carbocycles. The summed E-state index contributed by atoms with van der Waals surface area (Å²) >= 11 is 0. The highest BCUT2D eigenvalue weighted by Crippen LogP contribution is 2.15. The molecule has 6 nitrogen and oxygen atoms in total. The number of aliphatic carboxylic acids is 1. The summed E-state index contributed by atoms with van der Waals surface area (Å²) in [5, 5.41) is 14.5. The number of carbonyl (C=O) groups excluding carboxylic acids is 1. The van der Waals surface area contributed by atoms with Gasteiger partial charge in [0.1, 0.15) is 0 Å². The van der Waals surface area contributed by atoms with E-state index in [1.165, 1.54) is 0 Å². The molecule has 6 heteroatoms. The lowest BCUT2D eigenvalue weighted by Crippen LogP contribution is -2.59. The minimum atomic E-state index is -0.826. The van der Waals surface area contributed by atoms with Crippen LogP contribution in [0.15, 0.2) is 0 Å². The average molecular weight is 257 g/mol. The molecule has 1 aliphatic rings. The maximum Gasteiger partial charge on any atom is 0.303 e. The number of amides is 1. The zero-order chi connectivity index (χ0) is 13.6. The van der Waals surface area contributed by atoms with Crippen LogP contribution < -0.4 is 10.6 Å². The molecule has 1 heterocycles. The molecule has 0 bridgehead atoms. The third-order valence-corrected chi connectivity index (χ3v) is 3.20. The molecule has 0 spiro atoms. The second-order valence-corrected chi connectivity index (χ2v) is 5.26. The van der Waals surface area contributed by atoms with Crippen LogP contribution in [0, 0.1) is 0 Å². The first-order valence-corrected chi connectivity index (χ1v) is 6.36. The lowest BCUT2D eigenvalue weighted by atomic mass is 10.0. The maximum absolute atomic E-state index is 11.7. The number of nitrogens with one attached hydrogen (secondary N) is 2. The van der Waals surface area contributed by atoms with Crippen LogP contribution in [0.2, 0.25) is 0 Å². The van der Waals surface area contributed by atoms with E-state index in [2.05, 4.69) is 29.4 Å². The summed E-state index contributed by atoms with van der Waals surface area (Å²) in [5.74, 6) is -0.858. The minimum Gasteiger partial charge on any atom is -0.481 e. The molecule has 0 unspecified atom stereocenters.